The molecule has 84 valence electrons. The minimum absolute atomic E-state index is 0.276. The van der Waals surface area contributed by atoms with Gasteiger partial charge in [-0.3, -0.25) is 4.98 Å². The minimum atomic E-state index is -0.276. The second kappa shape index (κ2) is 5.83. The molecule has 1 aromatic rings. The molecule has 0 saturated carbocycles. The summed E-state index contributed by atoms with van der Waals surface area (Å²) in [4.78, 5) is 4.08. The number of aliphatic hydroxyl groups excluding tert-OH is 1. The van der Waals surface area contributed by atoms with Crippen LogP contribution in [0.1, 0.15) is 25.0 Å². The lowest BCUT2D eigenvalue weighted by Gasteiger charge is -2.15. The lowest BCUT2D eigenvalue weighted by Crippen LogP contribution is -2.30. The normalized spacial score (nSPS) is 13.1. The predicted molar refractivity (Wildman–Crippen MR) is 61.5 cm³/mol. The van der Waals surface area contributed by atoms with E-state index in [0.717, 1.165) is 6.54 Å². The first-order valence-corrected chi connectivity index (χ1v) is 5.39. The zero-order chi connectivity index (χ0) is 11.3. The number of aromatic nitrogens is 1. The highest BCUT2D eigenvalue weighted by molar-refractivity contribution is 5.20. The van der Waals surface area contributed by atoms with Gasteiger partial charge in [0.2, 0.25) is 0 Å². The molecular formula is C12H20N2O. The van der Waals surface area contributed by atoms with E-state index >= 15 is 0 Å². The summed E-state index contributed by atoms with van der Waals surface area (Å²) in [6.07, 6.45) is 3.38. The lowest BCUT2D eigenvalue weighted by molar-refractivity contribution is 0.123. The van der Waals surface area contributed by atoms with Gasteiger partial charge in [0.1, 0.15) is 0 Å². The summed E-state index contributed by atoms with van der Waals surface area (Å²) in [6.45, 7) is 7.50. The Kier molecular flexibility index (Phi) is 4.72. The van der Waals surface area contributed by atoms with E-state index in [1.807, 2.05) is 26.1 Å². The molecule has 0 aliphatic heterocycles. The smallest absolute Gasteiger partial charge is 0.0687 e. The predicted octanol–water partition coefficient (Wildman–Crippen LogP) is 1.50. The first-order valence-electron chi connectivity index (χ1n) is 5.39. The summed E-state index contributed by atoms with van der Waals surface area (Å²) in [6, 6.07) is 2.00. The van der Waals surface area contributed by atoms with E-state index in [1.54, 1.807) is 6.20 Å². The molecule has 3 nitrogen and oxygen atoms in total. The van der Waals surface area contributed by atoms with Gasteiger partial charge in [-0.15, -0.1) is 0 Å². The lowest BCUT2D eigenvalue weighted by atomic mass is 10.1. The molecule has 0 fully saturated rings. The molecule has 0 bridgehead atoms. The molecule has 1 unspecified atom stereocenters. The average molecular weight is 208 g/mol. The molecule has 0 spiro atoms. The number of hydrogen-bond donors (Lipinski definition) is 2. The molecule has 1 heterocycles. The summed E-state index contributed by atoms with van der Waals surface area (Å²) in [5.74, 6) is 0.299. The van der Waals surface area contributed by atoms with E-state index in [2.05, 4.69) is 17.2 Å². The van der Waals surface area contributed by atoms with Crippen LogP contribution in [0.3, 0.4) is 0 Å². The van der Waals surface area contributed by atoms with E-state index < -0.39 is 0 Å². The van der Waals surface area contributed by atoms with Gasteiger partial charge in [-0.1, -0.05) is 13.8 Å². The van der Waals surface area contributed by atoms with E-state index in [-0.39, 0.29) is 6.10 Å². The van der Waals surface area contributed by atoms with Crippen molar-refractivity contribution < 1.29 is 5.11 Å². The van der Waals surface area contributed by atoms with Crippen molar-refractivity contribution in [1.82, 2.24) is 10.3 Å². The van der Waals surface area contributed by atoms with E-state index in [4.69, 9.17) is 0 Å². The topological polar surface area (TPSA) is 45.2 Å². The fourth-order valence-corrected chi connectivity index (χ4v) is 1.27. The molecule has 2 N–H and O–H groups in total. The summed E-state index contributed by atoms with van der Waals surface area (Å²) in [7, 11) is 0. The third kappa shape index (κ3) is 3.98. The summed E-state index contributed by atoms with van der Waals surface area (Å²) in [5, 5.41) is 12.8. The first-order chi connectivity index (χ1) is 7.11. The van der Waals surface area contributed by atoms with Crippen LogP contribution >= 0.6 is 0 Å². The number of rotatable bonds is 5. The molecule has 0 aromatic carbocycles. The van der Waals surface area contributed by atoms with Gasteiger partial charge in [-0.05, 0) is 30.0 Å². The molecule has 0 radical (unpaired) electrons. The molecular weight excluding hydrogens is 188 g/mol. The van der Waals surface area contributed by atoms with Gasteiger partial charge in [0.25, 0.3) is 0 Å². The van der Waals surface area contributed by atoms with Gasteiger partial charge < -0.3 is 10.4 Å². The van der Waals surface area contributed by atoms with Crippen LogP contribution in [0.2, 0.25) is 0 Å². The highest BCUT2D eigenvalue weighted by atomic mass is 16.3. The number of aryl methyl sites for hydroxylation is 1. The van der Waals surface area contributed by atoms with E-state index in [0.29, 0.717) is 12.5 Å². The highest BCUT2D eigenvalue weighted by Crippen LogP contribution is 2.04. The third-order valence-corrected chi connectivity index (χ3v) is 2.59. The Morgan fingerprint density at radius 1 is 1.47 bits per heavy atom. The Morgan fingerprint density at radius 2 is 2.20 bits per heavy atom. The van der Waals surface area contributed by atoms with Crippen molar-refractivity contribution in [2.45, 2.75) is 33.4 Å². The molecule has 0 amide bonds. The summed E-state index contributed by atoms with van der Waals surface area (Å²) < 4.78 is 0. The average Bonchev–Trinajstić information content (AvgIpc) is 2.20. The van der Waals surface area contributed by atoms with Crippen molar-refractivity contribution in [2.75, 3.05) is 6.54 Å². The number of pyridine rings is 1. The highest BCUT2D eigenvalue weighted by Gasteiger charge is 2.08. The largest absolute Gasteiger partial charge is 0.392 e. The zero-order valence-corrected chi connectivity index (χ0v) is 9.70. The van der Waals surface area contributed by atoms with Crippen molar-refractivity contribution >= 4 is 0 Å². The van der Waals surface area contributed by atoms with Crippen molar-refractivity contribution in [1.29, 1.82) is 0 Å². The van der Waals surface area contributed by atoms with Crippen molar-refractivity contribution in [3.63, 3.8) is 0 Å². The molecule has 15 heavy (non-hydrogen) atoms. The molecule has 0 aliphatic rings. The Morgan fingerprint density at radius 3 is 2.80 bits per heavy atom. The maximum atomic E-state index is 9.60. The first kappa shape index (κ1) is 12.1. The summed E-state index contributed by atoms with van der Waals surface area (Å²) >= 11 is 0. The van der Waals surface area contributed by atoms with Gasteiger partial charge in [-0.25, -0.2) is 0 Å². The van der Waals surface area contributed by atoms with Crippen LogP contribution in [0, 0.1) is 12.8 Å². The number of nitrogens with zero attached hydrogens (tertiary/aromatic N) is 1. The number of nitrogens with one attached hydrogen (secondary N) is 1. The molecule has 3 heteroatoms. The van der Waals surface area contributed by atoms with Gasteiger partial charge in [0, 0.05) is 25.5 Å². The van der Waals surface area contributed by atoms with E-state index in [1.165, 1.54) is 11.1 Å². The van der Waals surface area contributed by atoms with Gasteiger partial charge >= 0.3 is 0 Å². The quantitative estimate of drug-likeness (QED) is 0.770. The zero-order valence-electron chi connectivity index (χ0n) is 9.70. The van der Waals surface area contributed by atoms with Crippen LogP contribution in [0.4, 0.5) is 0 Å². The minimum Gasteiger partial charge on any atom is -0.392 e. The van der Waals surface area contributed by atoms with Crippen LogP contribution in [0.25, 0.3) is 0 Å². The third-order valence-electron chi connectivity index (χ3n) is 2.59. The second-order valence-corrected chi connectivity index (χ2v) is 4.24. The van der Waals surface area contributed by atoms with Crippen LogP contribution in [-0.2, 0) is 6.54 Å². The van der Waals surface area contributed by atoms with E-state index in [9.17, 15) is 5.11 Å². The van der Waals surface area contributed by atoms with Crippen LogP contribution < -0.4 is 5.32 Å². The number of aliphatic hydroxyl groups is 1. The Labute approximate surface area is 91.5 Å². The molecule has 1 atom stereocenters. The SMILES string of the molecule is Cc1ccncc1CNCC(O)C(C)C. The van der Waals surface area contributed by atoms with Crippen LogP contribution in [0.15, 0.2) is 18.5 Å². The maximum absolute atomic E-state index is 9.60. The monoisotopic (exact) mass is 208 g/mol. The molecule has 1 aromatic heterocycles. The standard InChI is InChI=1S/C12H20N2O/c1-9(2)12(15)8-14-7-11-6-13-5-4-10(11)3/h4-6,9,12,14-15H,7-8H2,1-3H3. The van der Waals surface area contributed by atoms with Gasteiger partial charge in [-0.2, -0.15) is 0 Å². The Balaban J connectivity index is 2.35. The van der Waals surface area contributed by atoms with Crippen LogP contribution in [-0.4, -0.2) is 22.7 Å². The molecule has 0 saturated heterocycles. The molecule has 0 aliphatic carbocycles. The molecule has 1 rings (SSSR count). The van der Waals surface area contributed by atoms with Crippen LogP contribution in [0.5, 0.6) is 0 Å². The number of hydrogen-bond acceptors (Lipinski definition) is 3. The van der Waals surface area contributed by atoms with Crippen molar-refractivity contribution in [3.05, 3.63) is 29.6 Å². The maximum Gasteiger partial charge on any atom is 0.0687 e. The van der Waals surface area contributed by atoms with Gasteiger partial charge in [0.15, 0.2) is 0 Å². The Hall–Kier alpha value is -0.930. The van der Waals surface area contributed by atoms with Crippen molar-refractivity contribution in [3.8, 4) is 0 Å². The fourth-order valence-electron chi connectivity index (χ4n) is 1.27. The van der Waals surface area contributed by atoms with Crippen molar-refractivity contribution in [2.24, 2.45) is 5.92 Å². The Bertz CT molecular complexity index is 299. The second-order valence-electron chi connectivity index (χ2n) is 4.24. The van der Waals surface area contributed by atoms with Gasteiger partial charge in [0.05, 0.1) is 6.10 Å². The fraction of sp³-hybridized carbons (Fsp3) is 0.583. The summed E-state index contributed by atoms with van der Waals surface area (Å²) in [5.41, 5.74) is 2.42.